The molecule has 1 aliphatic heterocycles. The van der Waals surface area contributed by atoms with Crippen molar-refractivity contribution in [2.24, 2.45) is 0 Å². The van der Waals surface area contributed by atoms with Gasteiger partial charge in [-0.05, 0) is 40.5 Å². The fourth-order valence-electron chi connectivity index (χ4n) is 4.15. The van der Waals surface area contributed by atoms with Gasteiger partial charge in [-0.25, -0.2) is 0 Å². The summed E-state index contributed by atoms with van der Waals surface area (Å²) in [5.74, 6) is 0. The smallest absolute Gasteiger partial charge is 0.206 e. The molecule has 1 aliphatic rings. The van der Waals surface area contributed by atoms with Crippen LogP contribution in [0.1, 0.15) is 45.7 Å². The third-order valence-corrected chi connectivity index (χ3v) is 15.5. The highest BCUT2D eigenvalue weighted by molar-refractivity contribution is 6.96. The van der Waals surface area contributed by atoms with Gasteiger partial charge in [0.25, 0.3) is 0 Å². The monoisotopic (exact) mass is 292 g/mol. The van der Waals surface area contributed by atoms with Crippen LogP contribution >= 0.6 is 0 Å². The van der Waals surface area contributed by atoms with E-state index in [0.29, 0.717) is 16.6 Å². The molecule has 0 spiro atoms. The summed E-state index contributed by atoms with van der Waals surface area (Å²) in [5, 5.41) is 1.52. The third-order valence-electron chi connectivity index (χ3n) is 4.99. The van der Waals surface area contributed by atoms with E-state index in [0.717, 1.165) is 0 Å². The number of hydrogen-bond donors (Lipinski definition) is 0. The van der Waals surface area contributed by atoms with Crippen molar-refractivity contribution in [2.45, 2.75) is 64.3 Å². The molecule has 106 valence electrons. The number of hydrogen-bond acceptors (Lipinski definition) is 1. The fourth-order valence-corrected chi connectivity index (χ4v) is 16.4. The average molecular weight is 293 g/mol. The van der Waals surface area contributed by atoms with Crippen LogP contribution in [0.25, 0.3) is 0 Å². The lowest BCUT2D eigenvalue weighted by molar-refractivity contribution is 0.474. The van der Waals surface area contributed by atoms with Crippen molar-refractivity contribution in [1.29, 1.82) is 0 Å². The van der Waals surface area contributed by atoms with Crippen LogP contribution in [-0.4, -0.2) is 16.6 Å². The summed E-state index contributed by atoms with van der Waals surface area (Å²) in [7, 11) is -3.52. The SMILES string of the molecule is CC(C)[Si]1(C(C)C)O[Si](C)(C)c2ccccc2C1C. The van der Waals surface area contributed by atoms with Crippen molar-refractivity contribution in [3.8, 4) is 0 Å². The van der Waals surface area contributed by atoms with E-state index in [1.165, 1.54) is 5.19 Å². The van der Waals surface area contributed by atoms with E-state index >= 15 is 0 Å². The van der Waals surface area contributed by atoms with E-state index in [4.69, 9.17) is 4.12 Å². The molecule has 0 aliphatic carbocycles. The van der Waals surface area contributed by atoms with Crippen LogP contribution in [0.4, 0.5) is 0 Å². The van der Waals surface area contributed by atoms with Gasteiger partial charge in [0.15, 0.2) is 8.32 Å². The minimum absolute atomic E-state index is 0.601. The van der Waals surface area contributed by atoms with Crippen LogP contribution in [0, 0.1) is 0 Å². The minimum Gasteiger partial charge on any atom is -0.451 e. The maximum atomic E-state index is 7.00. The maximum Gasteiger partial charge on any atom is 0.206 e. The normalized spacial score (nSPS) is 24.6. The standard InChI is InChI=1S/C16H28OSi2/c1-12(2)19(13(3)4)14(5)15-10-8-9-11-16(15)18(6,7)17-19/h8-14H,1-7H3. The molecule has 0 radical (unpaired) electrons. The number of fused-ring (bicyclic) bond motifs is 1. The second-order valence-electron chi connectivity index (χ2n) is 7.08. The molecular formula is C16H28OSi2. The molecule has 0 saturated heterocycles. The van der Waals surface area contributed by atoms with Gasteiger partial charge in [0.2, 0.25) is 8.32 Å². The highest BCUT2D eigenvalue weighted by Crippen LogP contribution is 2.47. The average Bonchev–Trinajstić information content (AvgIpc) is 2.33. The Labute approximate surface area is 120 Å². The van der Waals surface area contributed by atoms with Crippen LogP contribution in [0.3, 0.4) is 0 Å². The van der Waals surface area contributed by atoms with Crippen LogP contribution < -0.4 is 5.19 Å². The Bertz CT molecular complexity index is 458. The van der Waals surface area contributed by atoms with Crippen LogP contribution in [0.15, 0.2) is 24.3 Å². The minimum atomic E-state index is -1.77. The van der Waals surface area contributed by atoms with E-state index in [9.17, 15) is 0 Å². The van der Waals surface area contributed by atoms with Gasteiger partial charge in [-0.15, -0.1) is 0 Å². The zero-order chi connectivity index (χ0) is 14.4. The van der Waals surface area contributed by atoms with Crippen molar-refractivity contribution in [3.63, 3.8) is 0 Å². The molecule has 1 aromatic rings. The van der Waals surface area contributed by atoms with Crippen LogP contribution in [0.2, 0.25) is 24.2 Å². The highest BCUT2D eigenvalue weighted by atomic mass is 28.4. The molecule has 0 aromatic heterocycles. The first-order chi connectivity index (χ1) is 8.73. The summed E-state index contributed by atoms with van der Waals surface area (Å²) >= 11 is 0. The zero-order valence-electron chi connectivity index (χ0n) is 13.4. The van der Waals surface area contributed by atoms with E-state index in [1.807, 2.05) is 0 Å². The van der Waals surface area contributed by atoms with Gasteiger partial charge in [-0.1, -0.05) is 58.9 Å². The third kappa shape index (κ3) is 2.16. The van der Waals surface area contributed by atoms with E-state index < -0.39 is 16.6 Å². The molecular weight excluding hydrogens is 264 g/mol. The van der Waals surface area contributed by atoms with Gasteiger partial charge in [-0.3, -0.25) is 0 Å². The molecule has 0 amide bonds. The van der Waals surface area contributed by atoms with Crippen molar-refractivity contribution in [2.75, 3.05) is 0 Å². The molecule has 1 nitrogen and oxygen atoms in total. The second kappa shape index (κ2) is 4.86. The molecule has 0 N–H and O–H groups in total. The van der Waals surface area contributed by atoms with Gasteiger partial charge in [0, 0.05) is 0 Å². The maximum absolute atomic E-state index is 7.00. The van der Waals surface area contributed by atoms with Crippen molar-refractivity contribution in [3.05, 3.63) is 29.8 Å². The Balaban J connectivity index is 2.65. The van der Waals surface area contributed by atoms with Crippen molar-refractivity contribution in [1.82, 2.24) is 0 Å². The van der Waals surface area contributed by atoms with Gasteiger partial charge in [-0.2, -0.15) is 0 Å². The molecule has 1 aromatic carbocycles. The van der Waals surface area contributed by atoms with Crippen LogP contribution in [0.5, 0.6) is 0 Å². The molecule has 3 heteroatoms. The number of rotatable bonds is 2. The molecule has 1 atom stereocenters. The Kier molecular flexibility index (Phi) is 3.84. The number of benzene rings is 1. The van der Waals surface area contributed by atoms with Gasteiger partial charge >= 0.3 is 0 Å². The van der Waals surface area contributed by atoms with Crippen molar-refractivity contribution >= 4 is 21.8 Å². The lowest BCUT2D eigenvalue weighted by atomic mass is 10.2. The Hall–Kier alpha value is -0.386. The van der Waals surface area contributed by atoms with E-state index in [-0.39, 0.29) is 0 Å². The van der Waals surface area contributed by atoms with Gasteiger partial charge in [0.1, 0.15) is 0 Å². The summed E-state index contributed by atoms with van der Waals surface area (Å²) in [5.41, 5.74) is 3.52. The summed E-state index contributed by atoms with van der Waals surface area (Å²) in [6.07, 6.45) is 0. The molecule has 2 rings (SSSR count). The van der Waals surface area contributed by atoms with E-state index in [2.05, 4.69) is 72.0 Å². The Morgan fingerprint density at radius 1 is 1.00 bits per heavy atom. The Morgan fingerprint density at radius 3 is 2.05 bits per heavy atom. The lowest BCUT2D eigenvalue weighted by Crippen LogP contribution is -2.65. The molecule has 0 fully saturated rings. The lowest BCUT2D eigenvalue weighted by Gasteiger charge is -2.53. The molecule has 1 unspecified atom stereocenters. The predicted octanol–water partition coefficient (Wildman–Crippen LogP) is 4.54. The first-order valence-electron chi connectivity index (χ1n) is 7.53. The summed E-state index contributed by atoms with van der Waals surface area (Å²) < 4.78 is 7.00. The zero-order valence-corrected chi connectivity index (χ0v) is 15.4. The van der Waals surface area contributed by atoms with Crippen molar-refractivity contribution < 1.29 is 4.12 Å². The van der Waals surface area contributed by atoms with Crippen LogP contribution in [-0.2, 0) is 4.12 Å². The molecule has 0 bridgehead atoms. The predicted molar refractivity (Wildman–Crippen MR) is 89.0 cm³/mol. The quantitative estimate of drug-likeness (QED) is 0.727. The molecule has 19 heavy (non-hydrogen) atoms. The van der Waals surface area contributed by atoms with Gasteiger partial charge in [0.05, 0.1) is 0 Å². The topological polar surface area (TPSA) is 9.23 Å². The second-order valence-corrected chi connectivity index (χ2v) is 16.3. The Morgan fingerprint density at radius 2 is 1.53 bits per heavy atom. The molecule has 0 saturated carbocycles. The largest absolute Gasteiger partial charge is 0.451 e. The fraction of sp³-hybridized carbons (Fsp3) is 0.625. The summed E-state index contributed by atoms with van der Waals surface area (Å²) in [6.45, 7) is 16.7. The first kappa shape index (κ1) is 15.0. The summed E-state index contributed by atoms with van der Waals surface area (Å²) in [6, 6.07) is 9.02. The summed E-state index contributed by atoms with van der Waals surface area (Å²) in [4.78, 5) is 0. The highest BCUT2D eigenvalue weighted by Gasteiger charge is 2.55. The first-order valence-corrected chi connectivity index (χ1v) is 12.6. The molecule has 1 heterocycles. The van der Waals surface area contributed by atoms with E-state index in [1.54, 1.807) is 5.56 Å². The van der Waals surface area contributed by atoms with Gasteiger partial charge < -0.3 is 4.12 Å².